The second-order valence-corrected chi connectivity index (χ2v) is 6.84. The van der Waals surface area contributed by atoms with Crippen LogP contribution in [0, 0.1) is 17.3 Å². The van der Waals surface area contributed by atoms with E-state index in [1.807, 2.05) is 36.4 Å². The van der Waals surface area contributed by atoms with Crippen LogP contribution in [0.5, 0.6) is 0 Å². The summed E-state index contributed by atoms with van der Waals surface area (Å²) in [6, 6.07) is 20.6. The van der Waals surface area contributed by atoms with Crippen LogP contribution >= 0.6 is 0 Å². The first kappa shape index (κ1) is 18.0. The van der Waals surface area contributed by atoms with Crippen molar-refractivity contribution in [2.45, 2.75) is 46.0 Å². The van der Waals surface area contributed by atoms with Gasteiger partial charge in [0.15, 0.2) is 0 Å². The Morgan fingerprint density at radius 1 is 0.958 bits per heavy atom. The Bertz CT molecular complexity index is 691. The Labute approximate surface area is 146 Å². The predicted molar refractivity (Wildman–Crippen MR) is 101 cm³/mol. The van der Waals surface area contributed by atoms with E-state index in [1.54, 1.807) is 6.92 Å². The van der Waals surface area contributed by atoms with Gasteiger partial charge in [-0.1, -0.05) is 67.3 Å². The third-order valence-corrected chi connectivity index (χ3v) is 4.40. The van der Waals surface area contributed by atoms with Crippen molar-refractivity contribution >= 4 is 5.78 Å². The third-order valence-electron chi connectivity index (χ3n) is 4.40. The standard InChI is InChI=1S/C23H26O/c1-20(24)19-23(2,18-16-22-13-7-4-8-14-22)17-10-9-15-21-11-5-3-6-12-21/h3-8,11-14H,10,16-19H2,1-2H3/t23-/m0/s1. The molecule has 1 atom stereocenters. The lowest BCUT2D eigenvalue weighted by molar-refractivity contribution is -0.119. The zero-order chi connectivity index (χ0) is 17.3. The van der Waals surface area contributed by atoms with E-state index in [0.717, 1.165) is 31.2 Å². The minimum Gasteiger partial charge on any atom is -0.300 e. The van der Waals surface area contributed by atoms with E-state index in [1.165, 1.54) is 5.56 Å². The number of Topliss-reactive ketones (excluding diaryl/α,β-unsaturated/α-hetero) is 1. The Kier molecular flexibility index (Phi) is 6.82. The molecule has 2 aromatic rings. The lowest BCUT2D eigenvalue weighted by Crippen LogP contribution is -2.20. The Balaban J connectivity index is 1.94. The molecule has 24 heavy (non-hydrogen) atoms. The summed E-state index contributed by atoms with van der Waals surface area (Å²) >= 11 is 0. The van der Waals surface area contributed by atoms with Gasteiger partial charge in [0.1, 0.15) is 5.78 Å². The number of rotatable bonds is 7. The first-order chi connectivity index (χ1) is 11.6. The van der Waals surface area contributed by atoms with Gasteiger partial charge >= 0.3 is 0 Å². The molecule has 0 fully saturated rings. The predicted octanol–water partition coefficient (Wildman–Crippen LogP) is 5.44. The molecule has 2 aromatic carbocycles. The van der Waals surface area contributed by atoms with E-state index in [9.17, 15) is 4.79 Å². The van der Waals surface area contributed by atoms with Gasteiger partial charge in [-0.05, 0) is 49.3 Å². The lowest BCUT2D eigenvalue weighted by atomic mass is 9.76. The van der Waals surface area contributed by atoms with Crippen molar-refractivity contribution < 1.29 is 4.79 Å². The number of hydrogen-bond donors (Lipinski definition) is 0. The second kappa shape index (κ2) is 9.08. The zero-order valence-corrected chi connectivity index (χ0v) is 14.7. The fraction of sp³-hybridized carbons (Fsp3) is 0.348. The number of carbonyl (C=O) groups excluding carboxylic acids is 1. The van der Waals surface area contributed by atoms with Gasteiger partial charge in [-0.3, -0.25) is 0 Å². The molecule has 0 saturated heterocycles. The van der Waals surface area contributed by atoms with Crippen LogP contribution in [0.25, 0.3) is 0 Å². The SMILES string of the molecule is CC(=O)C[C@@](C)(CCC#Cc1ccccc1)CCc1ccccc1. The molecule has 0 aliphatic rings. The van der Waals surface area contributed by atoms with Crippen molar-refractivity contribution in [1.82, 2.24) is 0 Å². The average Bonchev–Trinajstić information content (AvgIpc) is 2.58. The van der Waals surface area contributed by atoms with Gasteiger partial charge in [0, 0.05) is 18.4 Å². The summed E-state index contributed by atoms with van der Waals surface area (Å²) in [6.07, 6.45) is 4.44. The number of benzene rings is 2. The monoisotopic (exact) mass is 318 g/mol. The van der Waals surface area contributed by atoms with E-state index in [-0.39, 0.29) is 11.2 Å². The van der Waals surface area contributed by atoms with Gasteiger partial charge in [-0.15, -0.1) is 0 Å². The summed E-state index contributed by atoms with van der Waals surface area (Å²) in [5, 5.41) is 0. The first-order valence-electron chi connectivity index (χ1n) is 8.65. The summed E-state index contributed by atoms with van der Waals surface area (Å²) < 4.78 is 0. The van der Waals surface area contributed by atoms with Crippen molar-refractivity contribution in [1.29, 1.82) is 0 Å². The van der Waals surface area contributed by atoms with Crippen molar-refractivity contribution in [3.05, 3.63) is 71.8 Å². The fourth-order valence-corrected chi connectivity index (χ4v) is 3.04. The van der Waals surface area contributed by atoms with Crippen LogP contribution in [-0.4, -0.2) is 5.78 Å². The normalized spacial score (nSPS) is 12.8. The van der Waals surface area contributed by atoms with Gasteiger partial charge in [0.25, 0.3) is 0 Å². The van der Waals surface area contributed by atoms with Gasteiger partial charge in [0.2, 0.25) is 0 Å². The molecule has 0 unspecified atom stereocenters. The summed E-state index contributed by atoms with van der Waals surface area (Å²) in [6.45, 7) is 3.91. The maximum atomic E-state index is 11.7. The van der Waals surface area contributed by atoms with Gasteiger partial charge in [-0.25, -0.2) is 0 Å². The second-order valence-electron chi connectivity index (χ2n) is 6.84. The number of hydrogen-bond acceptors (Lipinski definition) is 1. The van der Waals surface area contributed by atoms with Crippen molar-refractivity contribution in [2.75, 3.05) is 0 Å². The zero-order valence-electron chi connectivity index (χ0n) is 14.7. The topological polar surface area (TPSA) is 17.1 Å². The number of ketones is 1. The molecule has 0 aliphatic heterocycles. The molecule has 2 rings (SSSR count). The van der Waals surface area contributed by atoms with Crippen molar-refractivity contribution in [3.8, 4) is 11.8 Å². The third kappa shape index (κ3) is 6.42. The Hall–Kier alpha value is -2.33. The summed E-state index contributed by atoms with van der Waals surface area (Å²) in [4.78, 5) is 11.7. The molecule has 0 aliphatic carbocycles. The van der Waals surface area contributed by atoms with Crippen LogP contribution in [0.3, 0.4) is 0 Å². The van der Waals surface area contributed by atoms with Crippen LogP contribution in [0.15, 0.2) is 60.7 Å². The molecule has 0 N–H and O–H groups in total. The summed E-state index contributed by atoms with van der Waals surface area (Å²) in [5.74, 6) is 6.74. The molecule has 0 spiro atoms. The highest BCUT2D eigenvalue weighted by molar-refractivity contribution is 5.76. The van der Waals surface area contributed by atoms with Gasteiger partial charge in [-0.2, -0.15) is 0 Å². The number of aryl methyl sites for hydroxylation is 1. The first-order valence-corrected chi connectivity index (χ1v) is 8.65. The maximum absolute atomic E-state index is 11.7. The largest absolute Gasteiger partial charge is 0.300 e. The molecule has 0 heterocycles. The molecular formula is C23H26O. The molecule has 0 amide bonds. The average molecular weight is 318 g/mol. The van der Waals surface area contributed by atoms with Crippen molar-refractivity contribution in [2.24, 2.45) is 5.41 Å². The van der Waals surface area contributed by atoms with E-state index in [0.29, 0.717) is 6.42 Å². The number of carbonyl (C=O) groups is 1. The minimum absolute atomic E-state index is 0.0209. The molecule has 124 valence electrons. The quantitative estimate of drug-likeness (QED) is 0.622. The maximum Gasteiger partial charge on any atom is 0.130 e. The summed E-state index contributed by atoms with van der Waals surface area (Å²) in [7, 11) is 0. The van der Waals surface area contributed by atoms with Gasteiger partial charge in [0.05, 0.1) is 0 Å². The summed E-state index contributed by atoms with van der Waals surface area (Å²) in [5.41, 5.74) is 2.41. The molecule has 0 saturated carbocycles. The van der Waals surface area contributed by atoms with Gasteiger partial charge < -0.3 is 4.79 Å². The Morgan fingerprint density at radius 2 is 1.58 bits per heavy atom. The van der Waals surface area contributed by atoms with Crippen LogP contribution in [0.1, 0.15) is 50.7 Å². The van der Waals surface area contributed by atoms with Crippen LogP contribution < -0.4 is 0 Å². The molecule has 0 radical (unpaired) electrons. The van der Waals surface area contributed by atoms with E-state index in [4.69, 9.17) is 0 Å². The van der Waals surface area contributed by atoms with Crippen LogP contribution in [-0.2, 0) is 11.2 Å². The fourth-order valence-electron chi connectivity index (χ4n) is 3.04. The van der Waals surface area contributed by atoms with Crippen LogP contribution in [0.4, 0.5) is 0 Å². The van der Waals surface area contributed by atoms with Crippen LogP contribution in [0.2, 0.25) is 0 Å². The molecule has 0 aromatic heterocycles. The van der Waals surface area contributed by atoms with E-state index < -0.39 is 0 Å². The van der Waals surface area contributed by atoms with Crippen molar-refractivity contribution in [3.63, 3.8) is 0 Å². The highest BCUT2D eigenvalue weighted by Crippen LogP contribution is 2.33. The highest BCUT2D eigenvalue weighted by atomic mass is 16.1. The smallest absolute Gasteiger partial charge is 0.130 e. The highest BCUT2D eigenvalue weighted by Gasteiger charge is 2.25. The van der Waals surface area contributed by atoms with E-state index in [2.05, 4.69) is 43.0 Å². The van der Waals surface area contributed by atoms with E-state index >= 15 is 0 Å². The molecule has 0 bridgehead atoms. The Morgan fingerprint density at radius 3 is 2.21 bits per heavy atom. The molecular weight excluding hydrogens is 292 g/mol. The minimum atomic E-state index is 0.0209. The lowest BCUT2D eigenvalue weighted by Gasteiger charge is -2.28. The molecule has 1 nitrogen and oxygen atoms in total. The molecule has 1 heteroatoms.